The lowest BCUT2D eigenvalue weighted by Gasteiger charge is -2.10. The fourth-order valence-electron chi connectivity index (χ4n) is 6.90. The number of fused-ring (bicyclic) bond motifs is 9. The fraction of sp³-hybridized carbons (Fsp3) is 0. The molecule has 0 saturated heterocycles. The Hall–Kier alpha value is -6.90. The van der Waals surface area contributed by atoms with Crippen LogP contribution in [0.5, 0.6) is 0 Å². The van der Waals surface area contributed by atoms with Crippen LogP contribution in [0.3, 0.4) is 0 Å². The van der Waals surface area contributed by atoms with E-state index in [0.29, 0.717) is 22.4 Å². The SMILES string of the molecule is [C-]#[N+]c1ccc2c(c1)c1cc(C#N)ccc1n2-c1ccc2sc3ccc(-n4c5ccc(C#N)cc5c5cc(C#N)ccc54)cc3c2c1. The molecule has 6 nitrogen and oxygen atoms in total. The summed E-state index contributed by atoms with van der Waals surface area (Å²) in [6.45, 7) is 7.56. The predicted molar refractivity (Wildman–Crippen MR) is 188 cm³/mol. The molecule has 0 amide bonds. The number of thiophene rings is 1. The van der Waals surface area contributed by atoms with Crippen LogP contribution in [0.25, 0.3) is 80.0 Å². The third-order valence-corrected chi connectivity index (χ3v) is 10.1. The zero-order valence-corrected chi connectivity index (χ0v) is 25.3. The van der Waals surface area contributed by atoms with Crippen molar-refractivity contribution in [2.24, 2.45) is 0 Å². The first-order valence-corrected chi connectivity index (χ1v) is 15.6. The average molecular weight is 615 g/mol. The monoisotopic (exact) mass is 614 g/mol. The number of rotatable bonds is 2. The Labute approximate surface area is 271 Å². The van der Waals surface area contributed by atoms with E-state index >= 15 is 0 Å². The van der Waals surface area contributed by atoms with Crippen LogP contribution in [0.15, 0.2) is 109 Å². The number of hydrogen-bond acceptors (Lipinski definition) is 4. The summed E-state index contributed by atoms with van der Waals surface area (Å²) in [6, 6.07) is 42.6. The van der Waals surface area contributed by atoms with E-state index in [1.807, 2.05) is 72.8 Å². The highest BCUT2D eigenvalue weighted by Gasteiger charge is 2.17. The highest BCUT2D eigenvalue weighted by molar-refractivity contribution is 7.25. The maximum Gasteiger partial charge on any atom is 0.188 e. The van der Waals surface area contributed by atoms with E-state index in [0.717, 1.165) is 65.8 Å². The van der Waals surface area contributed by atoms with Crippen LogP contribution in [0.2, 0.25) is 0 Å². The smallest absolute Gasteiger partial charge is 0.188 e. The summed E-state index contributed by atoms with van der Waals surface area (Å²) in [5.41, 5.74) is 8.15. The molecule has 0 atom stereocenters. The minimum Gasteiger partial charge on any atom is -0.309 e. The molecule has 0 aliphatic rings. The third kappa shape index (κ3) is 3.79. The van der Waals surface area contributed by atoms with Gasteiger partial charge in [-0.2, -0.15) is 15.8 Å². The van der Waals surface area contributed by atoms with Crippen molar-refractivity contribution in [3.63, 3.8) is 0 Å². The summed E-state index contributed by atoms with van der Waals surface area (Å²) in [5, 5.41) is 34.8. The first-order chi connectivity index (χ1) is 23.1. The molecule has 0 N–H and O–H groups in total. The summed E-state index contributed by atoms with van der Waals surface area (Å²) in [6.07, 6.45) is 0. The maximum atomic E-state index is 9.61. The molecule has 0 fully saturated rings. The first kappa shape index (κ1) is 26.5. The van der Waals surface area contributed by atoms with Gasteiger partial charge in [0.05, 0.1) is 63.5 Å². The summed E-state index contributed by atoms with van der Waals surface area (Å²) >= 11 is 1.75. The van der Waals surface area contributed by atoms with Gasteiger partial charge in [0.25, 0.3) is 0 Å². The van der Waals surface area contributed by atoms with E-state index in [9.17, 15) is 15.8 Å². The number of aromatic nitrogens is 2. The lowest BCUT2D eigenvalue weighted by molar-refractivity contribution is 1.18. The van der Waals surface area contributed by atoms with Gasteiger partial charge in [0.15, 0.2) is 5.69 Å². The van der Waals surface area contributed by atoms with Gasteiger partial charge in [-0.3, -0.25) is 0 Å². The largest absolute Gasteiger partial charge is 0.309 e. The number of nitrogens with zero attached hydrogens (tertiary/aromatic N) is 6. The number of benzene rings is 6. The lowest BCUT2D eigenvalue weighted by Crippen LogP contribution is -1.94. The molecule has 7 heteroatoms. The average Bonchev–Trinajstić information content (AvgIpc) is 3.76. The molecular weight excluding hydrogens is 597 g/mol. The van der Waals surface area contributed by atoms with E-state index in [1.165, 1.54) is 9.40 Å². The molecule has 9 aromatic rings. The quantitative estimate of drug-likeness (QED) is 0.182. The number of hydrogen-bond donors (Lipinski definition) is 0. The first-order valence-electron chi connectivity index (χ1n) is 14.8. The molecule has 0 saturated carbocycles. The second-order valence-electron chi connectivity index (χ2n) is 11.5. The van der Waals surface area contributed by atoms with E-state index < -0.39 is 0 Å². The molecule has 3 heterocycles. The maximum absolute atomic E-state index is 9.61. The summed E-state index contributed by atoms with van der Waals surface area (Å²) in [7, 11) is 0. The normalized spacial score (nSPS) is 11.3. The molecule has 6 aromatic carbocycles. The number of nitriles is 3. The Bertz CT molecular complexity index is 2670. The highest BCUT2D eigenvalue weighted by atomic mass is 32.1. The molecule has 0 aliphatic carbocycles. The van der Waals surface area contributed by atoms with Crippen molar-refractivity contribution in [2.45, 2.75) is 0 Å². The highest BCUT2D eigenvalue weighted by Crippen LogP contribution is 2.41. The van der Waals surface area contributed by atoms with Gasteiger partial charge in [0.1, 0.15) is 0 Å². The van der Waals surface area contributed by atoms with Crippen molar-refractivity contribution < 1.29 is 0 Å². The minimum absolute atomic E-state index is 0.559. The van der Waals surface area contributed by atoms with Gasteiger partial charge in [-0.05, 0) is 109 Å². The van der Waals surface area contributed by atoms with E-state index in [-0.39, 0.29) is 0 Å². The summed E-state index contributed by atoms with van der Waals surface area (Å²) in [4.78, 5) is 3.65. The van der Waals surface area contributed by atoms with Crippen LogP contribution < -0.4 is 0 Å². The van der Waals surface area contributed by atoms with Gasteiger partial charge >= 0.3 is 0 Å². The van der Waals surface area contributed by atoms with Crippen molar-refractivity contribution in [2.75, 3.05) is 0 Å². The third-order valence-electron chi connectivity index (χ3n) is 8.98. The van der Waals surface area contributed by atoms with E-state index in [2.05, 4.69) is 68.6 Å². The Balaban J connectivity index is 1.30. The lowest BCUT2D eigenvalue weighted by atomic mass is 10.1. The second kappa shape index (κ2) is 9.80. The molecule has 0 radical (unpaired) electrons. The Kier molecular flexibility index (Phi) is 5.53. The second-order valence-corrected chi connectivity index (χ2v) is 12.6. The van der Waals surface area contributed by atoms with Gasteiger partial charge in [0, 0.05) is 47.7 Å². The van der Waals surface area contributed by atoms with Crippen LogP contribution >= 0.6 is 11.3 Å². The topological polar surface area (TPSA) is 85.6 Å². The van der Waals surface area contributed by atoms with Gasteiger partial charge in [0.2, 0.25) is 0 Å². The zero-order valence-electron chi connectivity index (χ0n) is 24.5. The molecular formula is C40H18N6S. The van der Waals surface area contributed by atoms with Crippen molar-refractivity contribution in [3.8, 4) is 29.6 Å². The molecule has 0 aliphatic heterocycles. The van der Waals surface area contributed by atoms with Crippen molar-refractivity contribution in [1.82, 2.24) is 9.13 Å². The predicted octanol–water partition coefficient (Wildman–Crippen LogP) is 10.4. The van der Waals surface area contributed by atoms with Crippen LogP contribution in [0.4, 0.5) is 5.69 Å². The van der Waals surface area contributed by atoms with E-state index in [4.69, 9.17) is 6.57 Å². The van der Waals surface area contributed by atoms with Gasteiger partial charge in [-0.25, -0.2) is 4.85 Å². The molecule has 9 rings (SSSR count). The standard InChI is InChI=1S/C40H18N6S/c1-44-26-5-11-38-32(17-26)31-16-25(22-43)4-10-37(31)46(38)28-7-13-40-34(19-28)33-18-27(6-12-39(33)47-40)45-35-8-2-23(20-41)14-29(35)30-15-24(21-42)3-9-36(30)45/h2-19H. The molecule has 47 heavy (non-hydrogen) atoms. The van der Waals surface area contributed by atoms with Gasteiger partial charge < -0.3 is 9.13 Å². The van der Waals surface area contributed by atoms with Crippen LogP contribution in [0.1, 0.15) is 16.7 Å². The van der Waals surface area contributed by atoms with Crippen molar-refractivity contribution >= 4 is 80.8 Å². The molecule has 0 bridgehead atoms. The molecule has 0 spiro atoms. The Morgan fingerprint density at radius 3 is 1.28 bits per heavy atom. The van der Waals surface area contributed by atoms with E-state index in [1.54, 1.807) is 11.3 Å². The fourth-order valence-corrected chi connectivity index (χ4v) is 7.97. The molecule has 0 unspecified atom stereocenters. The van der Waals surface area contributed by atoms with Gasteiger partial charge in [-0.1, -0.05) is 6.07 Å². The molecule has 3 aromatic heterocycles. The minimum atomic E-state index is 0.559. The Morgan fingerprint density at radius 2 is 0.872 bits per heavy atom. The Morgan fingerprint density at radius 1 is 0.468 bits per heavy atom. The summed E-state index contributed by atoms with van der Waals surface area (Å²) < 4.78 is 6.75. The van der Waals surface area contributed by atoms with Crippen LogP contribution in [-0.4, -0.2) is 9.13 Å². The van der Waals surface area contributed by atoms with Crippen molar-refractivity contribution in [1.29, 1.82) is 15.8 Å². The van der Waals surface area contributed by atoms with Crippen molar-refractivity contribution in [3.05, 3.63) is 137 Å². The summed E-state index contributed by atoms with van der Waals surface area (Å²) in [5.74, 6) is 0. The van der Waals surface area contributed by atoms with Crippen LogP contribution in [0, 0.1) is 40.6 Å². The van der Waals surface area contributed by atoms with Gasteiger partial charge in [-0.15, -0.1) is 11.3 Å². The van der Waals surface area contributed by atoms with Crippen LogP contribution in [-0.2, 0) is 0 Å². The zero-order chi connectivity index (χ0) is 31.8. The molecule has 214 valence electrons.